The highest BCUT2D eigenvalue weighted by Gasteiger charge is 2.31. The molecular weight excluding hydrogens is 235 g/mol. The van der Waals surface area contributed by atoms with Crippen molar-refractivity contribution in [3.05, 3.63) is 29.3 Å². The van der Waals surface area contributed by atoms with Crippen molar-refractivity contribution in [3.63, 3.8) is 0 Å². The van der Waals surface area contributed by atoms with E-state index in [1.54, 1.807) is 0 Å². The van der Waals surface area contributed by atoms with Gasteiger partial charge in [-0.25, -0.2) is 0 Å². The first-order valence-corrected chi connectivity index (χ1v) is 5.56. The van der Waals surface area contributed by atoms with Gasteiger partial charge in [0, 0.05) is 12.9 Å². The predicted molar refractivity (Wildman–Crippen MR) is 69.7 cm³/mol. The van der Waals surface area contributed by atoms with Crippen LogP contribution in [0.5, 0.6) is 5.75 Å². The molecule has 0 saturated heterocycles. The van der Waals surface area contributed by atoms with Crippen molar-refractivity contribution in [2.45, 2.75) is 26.1 Å². The van der Waals surface area contributed by atoms with Crippen LogP contribution in [0.2, 0.25) is 5.82 Å². The fraction of sp³-hybridized carbons (Fsp3) is 0.417. The van der Waals surface area contributed by atoms with Gasteiger partial charge in [0.2, 0.25) is 0 Å². The number of aryl methyl sites for hydroxylation is 1. The molecule has 0 amide bonds. The van der Waals surface area contributed by atoms with Crippen molar-refractivity contribution in [3.8, 4) is 5.75 Å². The Hall–Kier alpha value is -1.53. The first kappa shape index (κ1) is 16.5. The van der Waals surface area contributed by atoms with Crippen LogP contribution >= 0.6 is 0 Å². The standard InChI is InChI=1S/C10H13BO2.CH2O2.CH4O/c1-7-4-3-5-9-6-8(2)11(12)13-10(7)9;2-1-3;1-2/h3-5,8,12H,6H2,1-2H3;1H,(H,2,3);2H,1H3. The lowest BCUT2D eigenvalue weighted by Crippen LogP contribution is -2.32. The maximum absolute atomic E-state index is 9.53. The quantitative estimate of drug-likeness (QED) is 0.477. The molecule has 18 heavy (non-hydrogen) atoms. The van der Waals surface area contributed by atoms with E-state index in [1.807, 2.05) is 26.0 Å². The van der Waals surface area contributed by atoms with Crippen LogP contribution < -0.4 is 4.65 Å². The van der Waals surface area contributed by atoms with Crippen LogP contribution in [0.3, 0.4) is 0 Å². The van der Waals surface area contributed by atoms with Crippen molar-refractivity contribution in [1.29, 1.82) is 0 Å². The van der Waals surface area contributed by atoms with Gasteiger partial charge in [0.1, 0.15) is 5.75 Å². The lowest BCUT2D eigenvalue weighted by Gasteiger charge is -2.25. The molecule has 100 valence electrons. The Morgan fingerprint density at radius 1 is 1.44 bits per heavy atom. The number of para-hydroxylation sites is 1. The number of carbonyl (C=O) groups is 1. The maximum Gasteiger partial charge on any atom is 0.525 e. The minimum absolute atomic E-state index is 0.189. The normalized spacial score (nSPS) is 16.1. The topological polar surface area (TPSA) is 87.0 Å². The molecule has 0 aromatic heterocycles. The molecule has 0 fully saturated rings. The summed E-state index contributed by atoms with van der Waals surface area (Å²) in [4.78, 5) is 8.36. The number of hydrogen-bond donors (Lipinski definition) is 3. The molecule has 0 radical (unpaired) electrons. The summed E-state index contributed by atoms with van der Waals surface area (Å²) in [6, 6.07) is 6.09. The molecule has 1 aromatic rings. The third-order valence-electron chi connectivity index (χ3n) is 2.56. The smallest absolute Gasteiger partial charge is 0.525 e. The third kappa shape index (κ3) is 4.39. The molecular formula is C12H19BO5. The number of fused-ring (bicyclic) bond motifs is 1. The molecule has 3 N–H and O–H groups in total. The van der Waals surface area contributed by atoms with E-state index in [2.05, 4.69) is 6.07 Å². The van der Waals surface area contributed by atoms with E-state index in [0.29, 0.717) is 0 Å². The second kappa shape index (κ2) is 8.55. The first-order valence-electron chi connectivity index (χ1n) is 5.56. The van der Waals surface area contributed by atoms with Gasteiger partial charge in [-0.3, -0.25) is 4.79 Å². The third-order valence-corrected chi connectivity index (χ3v) is 2.56. The predicted octanol–water partition coefficient (Wildman–Crippen LogP) is 1.11. The summed E-state index contributed by atoms with van der Waals surface area (Å²) in [7, 11) is 0.355. The van der Waals surface area contributed by atoms with Gasteiger partial charge < -0.3 is 19.9 Å². The lowest BCUT2D eigenvalue weighted by molar-refractivity contribution is -0.122. The van der Waals surface area contributed by atoms with E-state index in [0.717, 1.165) is 24.8 Å². The zero-order valence-electron chi connectivity index (χ0n) is 10.8. The Kier molecular flexibility index (Phi) is 7.82. The van der Waals surface area contributed by atoms with Gasteiger partial charge in [0.15, 0.2) is 0 Å². The van der Waals surface area contributed by atoms with Gasteiger partial charge in [-0.05, 0) is 24.5 Å². The monoisotopic (exact) mass is 254 g/mol. The summed E-state index contributed by atoms with van der Waals surface area (Å²) >= 11 is 0. The van der Waals surface area contributed by atoms with E-state index in [9.17, 15) is 5.02 Å². The SMILES string of the molecule is CO.Cc1cccc2c1OB(O)C(C)C2.O=CO. The van der Waals surface area contributed by atoms with Gasteiger partial charge in [-0.15, -0.1) is 0 Å². The van der Waals surface area contributed by atoms with Crippen molar-refractivity contribution in [2.24, 2.45) is 0 Å². The molecule has 1 atom stereocenters. The zero-order chi connectivity index (χ0) is 14.1. The van der Waals surface area contributed by atoms with Crippen LogP contribution in [0, 0.1) is 6.92 Å². The molecule has 1 heterocycles. The second-order valence-electron chi connectivity index (χ2n) is 3.86. The largest absolute Gasteiger partial charge is 0.536 e. The van der Waals surface area contributed by atoms with Crippen LogP contribution in [-0.2, 0) is 11.2 Å². The Labute approximate surface area is 107 Å². The average Bonchev–Trinajstić information content (AvgIpc) is 2.36. The molecule has 5 nitrogen and oxygen atoms in total. The van der Waals surface area contributed by atoms with E-state index < -0.39 is 7.12 Å². The molecule has 6 heteroatoms. The van der Waals surface area contributed by atoms with Crippen LogP contribution in [0.15, 0.2) is 18.2 Å². The highest BCUT2D eigenvalue weighted by atomic mass is 16.5. The minimum atomic E-state index is -0.645. The lowest BCUT2D eigenvalue weighted by atomic mass is 9.68. The van der Waals surface area contributed by atoms with Crippen molar-refractivity contribution >= 4 is 13.6 Å². The van der Waals surface area contributed by atoms with Crippen molar-refractivity contribution in [2.75, 3.05) is 7.11 Å². The number of benzene rings is 1. The van der Waals surface area contributed by atoms with E-state index in [4.69, 9.17) is 19.7 Å². The molecule has 0 aliphatic carbocycles. The molecule has 0 saturated carbocycles. The summed E-state index contributed by atoms with van der Waals surface area (Å²) in [5.41, 5.74) is 2.31. The number of rotatable bonds is 0. The molecule has 1 aliphatic heterocycles. The number of aliphatic hydroxyl groups is 1. The molecule has 2 rings (SSSR count). The van der Waals surface area contributed by atoms with Crippen LogP contribution in [-0.4, -0.2) is 35.9 Å². The summed E-state index contributed by atoms with van der Waals surface area (Å²) in [6.07, 6.45) is 0.901. The second-order valence-corrected chi connectivity index (χ2v) is 3.86. The van der Waals surface area contributed by atoms with E-state index >= 15 is 0 Å². The molecule has 1 unspecified atom stereocenters. The van der Waals surface area contributed by atoms with Gasteiger partial charge in [0.05, 0.1) is 0 Å². The highest BCUT2D eigenvalue weighted by molar-refractivity contribution is 6.46. The van der Waals surface area contributed by atoms with E-state index in [1.165, 1.54) is 5.56 Å². The number of aliphatic hydroxyl groups excluding tert-OH is 1. The molecule has 0 bridgehead atoms. The molecule has 1 aliphatic rings. The Balaban J connectivity index is 0.000000509. The van der Waals surface area contributed by atoms with E-state index in [-0.39, 0.29) is 12.3 Å². The first-order chi connectivity index (χ1) is 8.60. The number of hydrogen-bond acceptors (Lipinski definition) is 4. The fourth-order valence-electron chi connectivity index (χ4n) is 1.73. The van der Waals surface area contributed by atoms with Crippen LogP contribution in [0.4, 0.5) is 0 Å². The summed E-state index contributed by atoms with van der Waals surface area (Å²) in [5.74, 6) is 1.06. The van der Waals surface area contributed by atoms with Crippen molar-refractivity contribution in [1.82, 2.24) is 0 Å². The average molecular weight is 254 g/mol. The Morgan fingerprint density at radius 2 is 2.00 bits per heavy atom. The Bertz CT molecular complexity index is 369. The van der Waals surface area contributed by atoms with Crippen LogP contribution in [0.25, 0.3) is 0 Å². The highest BCUT2D eigenvalue weighted by Crippen LogP contribution is 2.33. The zero-order valence-corrected chi connectivity index (χ0v) is 10.8. The van der Waals surface area contributed by atoms with Gasteiger partial charge in [-0.1, -0.05) is 25.1 Å². The summed E-state index contributed by atoms with van der Waals surface area (Å²) in [6.45, 7) is 3.75. The van der Waals surface area contributed by atoms with Gasteiger partial charge in [0.25, 0.3) is 6.47 Å². The number of carboxylic acid groups (broad SMARTS) is 1. The van der Waals surface area contributed by atoms with Crippen molar-refractivity contribution < 1.29 is 24.7 Å². The minimum Gasteiger partial charge on any atom is -0.536 e. The Morgan fingerprint density at radius 3 is 2.56 bits per heavy atom. The fourth-order valence-corrected chi connectivity index (χ4v) is 1.73. The van der Waals surface area contributed by atoms with Crippen LogP contribution in [0.1, 0.15) is 18.1 Å². The maximum atomic E-state index is 9.53. The molecule has 1 aromatic carbocycles. The van der Waals surface area contributed by atoms with Gasteiger partial charge in [-0.2, -0.15) is 0 Å². The molecule has 0 spiro atoms. The summed E-state index contributed by atoms with van der Waals surface area (Å²) in [5, 5.41) is 23.4. The van der Waals surface area contributed by atoms with Gasteiger partial charge >= 0.3 is 7.12 Å². The summed E-state index contributed by atoms with van der Waals surface area (Å²) < 4.78 is 5.43.